The van der Waals surface area contributed by atoms with Crippen molar-refractivity contribution in [2.75, 3.05) is 22.6 Å². The van der Waals surface area contributed by atoms with Crippen molar-refractivity contribution < 1.29 is 13.2 Å². The van der Waals surface area contributed by atoms with Gasteiger partial charge in [-0.1, -0.05) is 0 Å². The molecule has 0 radical (unpaired) electrons. The fraction of sp³-hybridized carbons (Fsp3) is 0.364. The number of rotatable bonds is 2. The summed E-state index contributed by atoms with van der Waals surface area (Å²) in [6.07, 6.45) is 0. The number of alkyl halides is 1. The minimum Gasteiger partial charge on any atom is -0.399 e. The first-order valence-corrected chi connectivity index (χ1v) is 7.89. The van der Waals surface area contributed by atoms with Gasteiger partial charge in [0, 0.05) is 11.4 Å². The van der Waals surface area contributed by atoms with Gasteiger partial charge in [-0.15, -0.1) is 11.6 Å². The maximum atomic E-state index is 11.7. The molecule has 1 aromatic carbocycles. The largest absolute Gasteiger partial charge is 0.399 e. The van der Waals surface area contributed by atoms with Crippen LogP contribution in [0.3, 0.4) is 0 Å². The van der Waals surface area contributed by atoms with Crippen molar-refractivity contribution in [2.45, 2.75) is 11.4 Å². The topological polar surface area (TPSA) is 101 Å². The summed E-state index contributed by atoms with van der Waals surface area (Å²) in [6.45, 7) is 0. The number of nitrogens with one attached hydrogen (secondary N) is 2. The Morgan fingerprint density at radius 2 is 1.89 bits per heavy atom. The van der Waals surface area contributed by atoms with Crippen molar-refractivity contribution in [3.8, 4) is 0 Å². The number of hydrogen-bond acceptors (Lipinski definition) is 4. The Hall–Kier alpha value is -1.47. The van der Waals surface area contributed by atoms with Crippen LogP contribution in [0.25, 0.3) is 0 Å². The molecule has 0 spiro atoms. The molecule has 19 heavy (non-hydrogen) atoms. The first-order chi connectivity index (χ1) is 8.85. The van der Waals surface area contributed by atoms with Gasteiger partial charge in [0.1, 0.15) is 0 Å². The number of nitrogens with two attached hydrogens (primary N) is 1. The van der Waals surface area contributed by atoms with E-state index in [9.17, 15) is 13.2 Å². The van der Waals surface area contributed by atoms with E-state index in [1.165, 1.54) is 0 Å². The lowest BCUT2D eigenvalue weighted by Gasteiger charge is -2.15. The molecule has 1 aliphatic heterocycles. The first-order valence-electron chi connectivity index (χ1n) is 5.63. The van der Waals surface area contributed by atoms with Gasteiger partial charge in [0.15, 0.2) is 9.84 Å². The molecule has 1 aromatic rings. The third-order valence-electron chi connectivity index (χ3n) is 2.77. The smallest absolute Gasteiger partial charge is 0.319 e. The molecule has 2 rings (SSSR count). The van der Waals surface area contributed by atoms with Crippen LogP contribution in [-0.2, 0) is 9.84 Å². The number of urea groups is 1. The Morgan fingerprint density at radius 1 is 1.26 bits per heavy atom. The molecule has 104 valence electrons. The highest BCUT2D eigenvalue weighted by Gasteiger charge is 2.37. The van der Waals surface area contributed by atoms with Crippen molar-refractivity contribution in [3.05, 3.63) is 24.3 Å². The van der Waals surface area contributed by atoms with Crippen molar-refractivity contribution >= 4 is 38.8 Å². The number of anilines is 2. The van der Waals surface area contributed by atoms with E-state index in [-0.39, 0.29) is 11.5 Å². The molecule has 1 heterocycles. The zero-order valence-corrected chi connectivity index (χ0v) is 11.5. The van der Waals surface area contributed by atoms with Gasteiger partial charge in [0.05, 0.1) is 22.9 Å². The number of benzene rings is 1. The Labute approximate surface area is 116 Å². The third kappa shape index (κ3) is 3.74. The monoisotopic (exact) mass is 303 g/mol. The highest BCUT2D eigenvalue weighted by atomic mass is 35.5. The van der Waals surface area contributed by atoms with Crippen LogP contribution < -0.4 is 16.4 Å². The standard InChI is InChI=1S/C11H14ClN3O3S/c12-9-5-19(17,18)6-10(9)15-11(16)14-8-3-1-7(13)2-4-8/h1-4,9-10H,5-6,13H2,(H2,14,15,16). The fourth-order valence-corrected chi connectivity index (χ4v) is 4.39. The van der Waals surface area contributed by atoms with Gasteiger partial charge in [0.2, 0.25) is 0 Å². The van der Waals surface area contributed by atoms with Crippen molar-refractivity contribution in [2.24, 2.45) is 0 Å². The molecular weight excluding hydrogens is 290 g/mol. The summed E-state index contributed by atoms with van der Waals surface area (Å²) in [6, 6.07) is 5.55. The summed E-state index contributed by atoms with van der Waals surface area (Å²) in [4.78, 5) is 11.7. The number of hydrogen-bond donors (Lipinski definition) is 3. The van der Waals surface area contributed by atoms with Gasteiger partial charge >= 0.3 is 6.03 Å². The van der Waals surface area contributed by atoms with Gasteiger partial charge in [-0.2, -0.15) is 0 Å². The van der Waals surface area contributed by atoms with Crippen LogP contribution in [0.5, 0.6) is 0 Å². The number of nitrogen functional groups attached to an aromatic ring is 1. The lowest BCUT2D eigenvalue weighted by molar-refractivity contribution is 0.249. The molecule has 6 nitrogen and oxygen atoms in total. The minimum atomic E-state index is -3.16. The highest BCUT2D eigenvalue weighted by Crippen LogP contribution is 2.18. The Morgan fingerprint density at radius 3 is 2.42 bits per heavy atom. The molecule has 4 N–H and O–H groups in total. The summed E-state index contributed by atoms with van der Waals surface area (Å²) in [5, 5.41) is 4.54. The predicted molar refractivity (Wildman–Crippen MR) is 75.1 cm³/mol. The molecule has 0 aliphatic carbocycles. The molecule has 2 amide bonds. The fourth-order valence-electron chi connectivity index (χ4n) is 1.84. The van der Waals surface area contributed by atoms with E-state index in [1.54, 1.807) is 24.3 Å². The van der Waals surface area contributed by atoms with Crippen LogP contribution >= 0.6 is 11.6 Å². The van der Waals surface area contributed by atoms with E-state index >= 15 is 0 Å². The van der Waals surface area contributed by atoms with Crippen LogP contribution in [0.2, 0.25) is 0 Å². The van der Waals surface area contributed by atoms with Crippen molar-refractivity contribution in [1.29, 1.82) is 0 Å². The van der Waals surface area contributed by atoms with E-state index in [1.807, 2.05) is 0 Å². The van der Waals surface area contributed by atoms with Gasteiger partial charge in [-0.05, 0) is 24.3 Å². The summed E-state index contributed by atoms with van der Waals surface area (Å²) in [5.74, 6) is -0.238. The molecule has 2 unspecified atom stereocenters. The Balaban J connectivity index is 1.93. The van der Waals surface area contributed by atoms with Crippen LogP contribution in [0.1, 0.15) is 0 Å². The van der Waals surface area contributed by atoms with E-state index < -0.39 is 27.3 Å². The average molecular weight is 304 g/mol. The van der Waals surface area contributed by atoms with Crippen LogP contribution in [0, 0.1) is 0 Å². The molecule has 0 aromatic heterocycles. The second-order valence-corrected chi connectivity index (χ2v) is 7.13. The molecular formula is C11H14ClN3O3S. The third-order valence-corrected chi connectivity index (χ3v) is 5.14. The summed E-state index contributed by atoms with van der Waals surface area (Å²) in [7, 11) is -3.16. The number of halogens is 1. The van der Waals surface area contributed by atoms with E-state index in [0.29, 0.717) is 11.4 Å². The molecule has 0 saturated carbocycles. The minimum absolute atomic E-state index is 0.110. The van der Waals surface area contributed by atoms with E-state index in [0.717, 1.165) is 0 Å². The number of carbonyl (C=O) groups excluding carboxylic acids is 1. The first kappa shape index (κ1) is 14.0. The maximum absolute atomic E-state index is 11.7. The second-order valence-electron chi connectivity index (χ2n) is 4.42. The zero-order valence-electron chi connectivity index (χ0n) is 9.97. The van der Waals surface area contributed by atoms with E-state index in [4.69, 9.17) is 17.3 Å². The van der Waals surface area contributed by atoms with Gasteiger partial charge in [-0.25, -0.2) is 13.2 Å². The van der Waals surface area contributed by atoms with Gasteiger partial charge in [0.25, 0.3) is 0 Å². The lowest BCUT2D eigenvalue weighted by atomic mass is 10.2. The lowest BCUT2D eigenvalue weighted by Crippen LogP contribution is -2.42. The number of sulfone groups is 1. The zero-order chi connectivity index (χ0) is 14.0. The summed E-state index contributed by atoms with van der Waals surface area (Å²) >= 11 is 5.89. The average Bonchev–Trinajstić information content (AvgIpc) is 2.55. The molecule has 1 saturated heterocycles. The van der Waals surface area contributed by atoms with Gasteiger partial charge in [-0.3, -0.25) is 0 Å². The molecule has 2 atom stereocenters. The highest BCUT2D eigenvalue weighted by molar-refractivity contribution is 7.91. The maximum Gasteiger partial charge on any atom is 0.319 e. The van der Waals surface area contributed by atoms with Gasteiger partial charge < -0.3 is 16.4 Å². The molecule has 1 fully saturated rings. The second kappa shape index (κ2) is 5.26. The quantitative estimate of drug-likeness (QED) is 0.555. The molecule has 1 aliphatic rings. The predicted octanol–water partition coefficient (Wildman–Crippen LogP) is 0.795. The summed E-state index contributed by atoms with van der Waals surface area (Å²) < 4.78 is 22.7. The number of carbonyl (C=O) groups is 1. The SMILES string of the molecule is Nc1ccc(NC(=O)NC2CS(=O)(=O)CC2Cl)cc1. The van der Waals surface area contributed by atoms with E-state index in [2.05, 4.69) is 10.6 Å². The normalized spacial score (nSPS) is 24.9. The molecule has 0 bridgehead atoms. The van der Waals surface area contributed by atoms with Crippen LogP contribution in [-0.4, -0.2) is 37.4 Å². The Bertz CT molecular complexity index is 573. The molecule has 8 heteroatoms. The Kier molecular flexibility index (Phi) is 3.86. The summed E-state index contributed by atoms with van der Waals surface area (Å²) in [5.41, 5.74) is 6.68. The number of amides is 2. The van der Waals surface area contributed by atoms with Crippen LogP contribution in [0.15, 0.2) is 24.3 Å². The van der Waals surface area contributed by atoms with Crippen molar-refractivity contribution in [3.63, 3.8) is 0 Å². The van der Waals surface area contributed by atoms with Crippen molar-refractivity contribution in [1.82, 2.24) is 5.32 Å². The van der Waals surface area contributed by atoms with Crippen LogP contribution in [0.4, 0.5) is 16.2 Å².